The lowest BCUT2D eigenvalue weighted by atomic mass is 10.1. The Bertz CT molecular complexity index is 1130. The Labute approximate surface area is 153 Å². The molecule has 0 amide bonds. The SMILES string of the molecule is CC(C)Oc1ccc(-n2nc3ccc(C(F)(F)F)cc3n2)c2ccccc12. The van der Waals surface area contributed by atoms with Crippen molar-refractivity contribution in [3.63, 3.8) is 0 Å². The Morgan fingerprint density at radius 2 is 1.59 bits per heavy atom. The fourth-order valence-corrected chi connectivity index (χ4v) is 2.99. The van der Waals surface area contributed by atoms with Crippen LogP contribution < -0.4 is 4.74 Å². The van der Waals surface area contributed by atoms with Gasteiger partial charge in [-0.1, -0.05) is 24.3 Å². The predicted molar refractivity (Wildman–Crippen MR) is 97.1 cm³/mol. The van der Waals surface area contributed by atoms with Crippen LogP contribution in [0, 0.1) is 0 Å². The molecular weight excluding hydrogens is 355 g/mol. The third-order valence-corrected chi connectivity index (χ3v) is 4.15. The van der Waals surface area contributed by atoms with Crippen LogP contribution in [0.4, 0.5) is 13.2 Å². The zero-order valence-corrected chi connectivity index (χ0v) is 14.7. The molecule has 4 nitrogen and oxygen atoms in total. The Balaban J connectivity index is 1.87. The lowest BCUT2D eigenvalue weighted by Crippen LogP contribution is -2.07. The van der Waals surface area contributed by atoms with Crippen molar-refractivity contribution in [3.8, 4) is 11.4 Å². The van der Waals surface area contributed by atoms with Gasteiger partial charge in [-0.05, 0) is 44.2 Å². The zero-order valence-electron chi connectivity index (χ0n) is 14.7. The first-order valence-corrected chi connectivity index (χ1v) is 8.46. The molecular formula is C20H16F3N3O. The molecule has 1 aromatic heterocycles. The van der Waals surface area contributed by atoms with E-state index in [4.69, 9.17) is 4.74 Å². The van der Waals surface area contributed by atoms with Crippen LogP contribution in [0.5, 0.6) is 5.75 Å². The van der Waals surface area contributed by atoms with E-state index in [0.717, 1.165) is 28.7 Å². The molecule has 7 heteroatoms. The second-order valence-electron chi connectivity index (χ2n) is 6.49. The highest BCUT2D eigenvalue weighted by Gasteiger charge is 2.31. The molecule has 0 spiro atoms. The number of halogens is 3. The first-order chi connectivity index (χ1) is 12.8. The second-order valence-corrected chi connectivity index (χ2v) is 6.49. The fraction of sp³-hybridized carbons (Fsp3) is 0.200. The van der Waals surface area contributed by atoms with Gasteiger partial charge in [0.05, 0.1) is 17.4 Å². The number of hydrogen-bond acceptors (Lipinski definition) is 3. The average molecular weight is 371 g/mol. The standard InChI is InChI=1S/C20H16F3N3O/c1-12(2)27-19-10-9-18(14-5-3-4-6-15(14)19)26-24-16-8-7-13(20(21,22)23)11-17(16)25-26/h3-12H,1-2H3. The van der Waals surface area contributed by atoms with Crippen molar-refractivity contribution in [1.82, 2.24) is 15.0 Å². The Hall–Kier alpha value is -3.09. The van der Waals surface area contributed by atoms with E-state index < -0.39 is 11.7 Å². The highest BCUT2D eigenvalue weighted by atomic mass is 19.4. The third-order valence-electron chi connectivity index (χ3n) is 4.15. The molecule has 4 aromatic rings. The van der Waals surface area contributed by atoms with Crippen LogP contribution in [0.25, 0.3) is 27.5 Å². The van der Waals surface area contributed by atoms with Gasteiger partial charge in [0.15, 0.2) is 0 Å². The highest BCUT2D eigenvalue weighted by Crippen LogP contribution is 2.33. The minimum atomic E-state index is -4.42. The number of alkyl halides is 3. The molecule has 3 aromatic carbocycles. The number of nitrogens with zero attached hydrogens (tertiary/aromatic N) is 3. The van der Waals surface area contributed by atoms with Crippen molar-refractivity contribution >= 4 is 21.8 Å². The van der Waals surface area contributed by atoms with Crippen LogP contribution in [-0.4, -0.2) is 21.1 Å². The number of hydrogen-bond donors (Lipinski definition) is 0. The van der Waals surface area contributed by atoms with Crippen molar-refractivity contribution in [2.24, 2.45) is 0 Å². The third kappa shape index (κ3) is 3.20. The molecule has 4 rings (SSSR count). The lowest BCUT2D eigenvalue weighted by molar-refractivity contribution is -0.137. The Morgan fingerprint density at radius 3 is 2.30 bits per heavy atom. The van der Waals surface area contributed by atoms with Crippen molar-refractivity contribution in [2.75, 3.05) is 0 Å². The van der Waals surface area contributed by atoms with Crippen LogP contribution in [0.15, 0.2) is 54.6 Å². The van der Waals surface area contributed by atoms with Crippen LogP contribution >= 0.6 is 0 Å². The molecule has 138 valence electrons. The first-order valence-electron chi connectivity index (χ1n) is 8.46. The Morgan fingerprint density at radius 1 is 0.889 bits per heavy atom. The molecule has 27 heavy (non-hydrogen) atoms. The molecule has 0 aliphatic rings. The van der Waals surface area contributed by atoms with E-state index in [9.17, 15) is 13.2 Å². The largest absolute Gasteiger partial charge is 0.490 e. The molecule has 0 saturated carbocycles. The maximum absolute atomic E-state index is 12.9. The van der Waals surface area contributed by atoms with Gasteiger partial charge in [0, 0.05) is 10.8 Å². The van der Waals surface area contributed by atoms with E-state index in [-0.39, 0.29) is 11.6 Å². The van der Waals surface area contributed by atoms with E-state index in [1.165, 1.54) is 10.9 Å². The van der Waals surface area contributed by atoms with Gasteiger partial charge >= 0.3 is 6.18 Å². The average Bonchev–Trinajstić information content (AvgIpc) is 3.03. The van der Waals surface area contributed by atoms with Crippen LogP contribution in [0.2, 0.25) is 0 Å². The number of ether oxygens (including phenoxy) is 1. The molecule has 0 fully saturated rings. The van der Waals surface area contributed by atoms with Gasteiger partial charge in [-0.2, -0.15) is 13.2 Å². The van der Waals surface area contributed by atoms with Crippen LogP contribution in [0.1, 0.15) is 19.4 Å². The maximum Gasteiger partial charge on any atom is 0.416 e. The van der Waals surface area contributed by atoms with Crippen molar-refractivity contribution in [3.05, 3.63) is 60.2 Å². The van der Waals surface area contributed by atoms with Gasteiger partial charge in [-0.25, -0.2) is 0 Å². The van der Waals surface area contributed by atoms with Gasteiger partial charge < -0.3 is 4.74 Å². The summed E-state index contributed by atoms with van der Waals surface area (Å²) in [7, 11) is 0. The molecule has 0 radical (unpaired) electrons. The quantitative estimate of drug-likeness (QED) is 0.485. The van der Waals surface area contributed by atoms with Gasteiger partial charge in [-0.3, -0.25) is 0 Å². The molecule has 0 bridgehead atoms. The summed E-state index contributed by atoms with van der Waals surface area (Å²) in [6.07, 6.45) is -4.40. The van der Waals surface area contributed by atoms with Crippen molar-refractivity contribution in [1.29, 1.82) is 0 Å². The van der Waals surface area contributed by atoms with Crippen LogP contribution in [0.3, 0.4) is 0 Å². The molecule has 0 N–H and O–H groups in total. The highest BCUT2D eigenvalue weighted by molar-refractivity contribution is 5.94. The van der Waals surface area contributed by atoms with E-state index in [0.29, 0.717) is 11.2 Å². The monoisotopic (exact) mass is 371 g/mol. The maximum atomic E-state index is 12.9. The second kappa shape index (κ2) is 6.26. The first kappa shape index (κ1) is 17.3. The fourth-order valence-electron chi connectivity index (χ4n) is 2.99. The summed E-state index contributed by atoms with van der Waals surface area (Å²) in [6, 6.07) is 14.6. The van der Waals surface area contributed by atoms with Gasteiger partial charge in [0.2, 0.25) is 0 Å². The summed E-state index contributed by atoms with van der Waals surface area (Å²) in [5, 5.41) is 10.4. The minimum Gasteiger partial charge on any atom is -0.490 e. The van der Waals surface area contributed by atoms with E-state index in [2.05, 4.69) is 10.2 Å². The molecule has 0 aliphatic carbocycles. The Kier molecular flexibility index (Phi) is 4.02. The summed E-state index contributed by atoms with van der Waals surface area (Å²) in [5.41, 5.74) is 0.519. The summed E-state index contributed by atoms with van der Waals surface area (Å²) in [4.78, 5) is 1.37. The van der Waals surface area contributed by atoms with E-state index >= 15 is 0 Å². The zero-order chi connectivity index (χ0) is 19.2. The van der Waals surface area contributed by atoms with E-state index in [1.54, 1.807) is 0 Å². The van der Waals surface area contributed by atoms with Crippen LogP contribution in [-0.2, 0) is 6.18 Å². The van der Waals surface area contributed by atoms with Gasteiger partial charge in [0.1, 0.15) is 16.8 Å². The van der Waals surface area contributed by atoms with Gasteiger partial charge in [0.25, 0.3) is 0 Å². The molecule has 0 unspecified atom stereocenters. The number of aromatic nitrogens is 3. The number of rotatable bonds is 3. The number of benzene rings is 3. The lowest BCUT2D eigenvalue weighted by Gasteiger charge is -2.14. The van der Waals surface area contributed by atoms with Crippen molar-refractivity contribution in [2.45, 2.75) is 26.1 Å². The molecule has 1 heterocycles. The molecule has 0 saturated heterocycles. The molecule has 0 atom stereocenters. The normalized spacial score (nSPS) is 12.2. The summed E-state index contributed by atoms with van der Waals surface area (Å²) >= 11 is 0. The summed E-state index contributed by atoms with van der Waals surface area (Å²) < 4.78 is 44.7. The topological polar surface area (TPSA) is 39.9 Å². The smallest absolute Gasteiger partial charge is 0.416 e. The van der Waals surface area contributed by atoms with Gasteiger partial charge in [-0.15, -0.1) is 15.0 Å². The van der Waals surface area contributed by atoms with Crippen molar-refractivity contribution < 1.29 is 17.9 Å². The summed E-state index contributed by atoms with van der Waals surface area (Å²) in [6.45, 7) is 3.89. The minimum absolute atomic E-state index is 0.0189. The summed E-state index contributed by atoms with van der Waals surface area (Å²) in [5.74, 6) is 0.736. The number of fused-ring (bicyclic) bond motifs is 2. The predicted octanol–water partition coefficient (Wildman–Crippen LogP) is 5.38. The molecule has 0 aliphatic heterocycles. The van der Waals surface area contributed by atoms with E-state index in [1.807, 2.05) is 50.2 Å².